The van der Waals surface area contributed by atoms with E-state index in [2.05, 4.69) is 20.8 Å². The molecule has 0 aromatic carbocycles. The Hall–Kier alpha value is -0.900. The van der Waals surface area contributed by atoms with Gasteiger partial charge in [-0.1, -0.05) is 34.6 Å². The number of rotatable bonds is 3. The van der Waals surface area contributed by atoms with Crippen LogP contribution in [0.25, 0.3) is 0 Å². The smallest absolute Gasteiger partial charge is 0.220 e. The summed E-state index contributed by atoms with van der Waals surface area (Å²) in [5.74, 6) is 0.125. The van der Waals surface area contributed by atoms with Crippen molar-refractivity contribution in [2.45, 2.75) is 93.2 Å². The number of likely N-dealkylation sites (tertiary alicyclic amines) is 1. The minimum Gasteiger partial charge on any atom is -0.379 e. The van der Waals surface area contributed by atoms with Crippen LogP contribution in [-0.2, 0) is 14.3 Å². The molecule has 4 heteroatoms. The Morgan fingerprint density at radius 1 is 1.14 bits per heavy atom. The molecule has 1 amide bonds. The van der Waals surface area contributed by atoms with Crippen molar-refractivity contribution in [3.63, 3.8) is 0 Å². The molecule has 1 rings (SSSR count). The zero-order chi connectivity index (χ0) is 18.3. The highest BCUT2D eigenvalue weighted by molar-refractivity contribution is 5.87. The predicted octanol–water partition coefficient (Wildman–Crippen LogP) is 4.46. The molecule has 1 unspecified atom stereocenters. The molecule has 134 valence electrons. The molecule has 0 spiro atoms. The molecule has 0 bridgehead atoms. The monoisotopic (exact) mass is 317 g/mol. The van der Waals surface area contributed by atoms with Crippen molar-refractivity contribution in [3.8, 4) is 0 Å². The van der Waals surface area contributed by atoms with Gasteiger partial charge in [-0.3, -0.25) is 9.59 Å². The summed E-state index contributed by atoms with van der Waals surface area (Å²) in [6, 6.07) is -0.132. The molecule has 0 aliphatic carbocycles. The standard InChI is InChI=1S/C8H13NO2.C6H14O.2C2H6/c1-6(10)8-4-3-5-9(8)7(2)11;1-5-6(2,3)7-4;2*1-2/h8H,3-5H2,1-2H3;5H2,1-4H3;2*1-2H3. The molecule has 22 heavy (non-hydrogen) atoms. The molecule has 1 saturated heterocycles. The van der Waals surface area contributed by atoms with Crippen molar-refractivity contribution in [1.82, 2.24) is 4.90 Å². The Morgan fingerprint density at radius 2 is 1.59 bits per heavy atom. The molecule has 1 heterocycles. The van der Waals surface area contributed by atoms with Crippen LogP contribution in [0.5, 0.6) is 0 Å². The second kappa shape index (κ2) is 15.0. The molecule has 1 fully saturated rings. The van der Waals surface area contributed by atoms with Crippen molar-refractivity contribution in [3.05, 3.63) is 0 Å². The van der Waals surface area contributed by atoms with Gasteiger partial charge in [0.2, 0.25) is 5.91 Å². The van der Waals surface area contributed by atoms with E-state index in [1.807, 2.05) is 27.7 Å². The van der Waals surface area contributed by atoms with E-state index in [0.717, 1.165) is 25.8 Å². The Balaban J connectivity index is -0.000000285. The van der Waals surface area contributed by atoms with Crippen molar-refractivity contribution in [1.29, 1.82) is 0 Å². The van der Waals surface area contributed by atoms with Gasteiger partial charge in [-0.25, -0.2) is 0 Å². The Kier molecular flexibility index (Phi) is 17.8. The predicted molar refractivity (Wildman–Crippen MR) is 95.2 cm³/mol. The first-order chi connectivity index (χ1) is 10.2. The minimum absolute atomic E-state index is 0.0164. The molecule has 0 saturated carbocycles. The number of hydrogen-bond acceptors (Lipinski definition) is 3. The fourth-order valence-electron chi connectivity index (χ4n) is 1.71. The lowest BCUT2D eigenvalue weighted by atomic mass is 10.1. The third kappa shape index (κ3) is 11.7. The molecule has 0 aromatic heterocycles. The number of carbonyl (C=O) groups excluding carboxylic acids is 2. The molecular formula is C18H39NO3. The maximum absolute atomic E-state index is 11.0. The molecule has 1 aliphatic heterocycles. The van der Waals surface area contributed by atoms with Crippen molar-refractivity contribution in [2.75, 3.05) is 13.7 Å². The lowest BCUT2D eigenvalue weighted by molar-refractivity contribution is -0.135. The number of nitrogens with zero attached hydrogens (tertiary/aromatic N) is 1. The number of Topliss-reactive ketones (excluding diaryl/α,β-unsaturated/α-hetero) is 1. The Labute approximate surface area is 138 Å². The van der Waals surface area contributed by atoms with Gasteiger partial charge in [0, 0.05) is 20.6 Å². The number of ether oxygens (including phenoxy) is 1. The molecule has 0 radical (unpaired) electrons. The Morgan fingerprint density at radius 3 is 1.77 bits per heavy atom. The molecule has 1 aliphatic rings. The molecule has 0 N–H and O–H groups in total. The van der Waals surface area contributed by atoms with E-state index in [1.165, 1.54) is 6.92 Å². The SMILES string of the molecule is CC.CC.CC(=O)C1CCCN1C(C)=O.CCC(C)(C)OC. The van der Waals surface area contributed by atoms with E-state index in [0.29, 0.717) is 0 Å². The average Bonchev–Trinajstić information content (AvgIpc) is 3.02. The fraction of sp³-hybridized carbons (Fsp3) is 0.889. The summed E-state index contributed by atoms with van der Waals surface area (Å²) in [5, 5.41) is 0. The summed E-state index contributed by atoms with van der Waals surface area (Å²) in [5.41, 5.74) is 0.0833. The fourth-order valence-corrected chi connectivity index (χ4v) is 1.71. The van der Waals surface area contributed by atoms with Crippen molar-refractivity contribution < 1.29 is 14.3 Å². The van der Waals surface area contributed by atoms with E-state index in [4.69, 9.17) is 4.74 Å². The highest BCUT2D eigenvalue weighted by Crippen LogP contribution is 2.17. The maximum atomic E-state index is 11.0. The van der Waals surface area contributed by atoms with Crippen LogP contribution in [0.3, 0.4) is 0 Å². The average molecular weight is 318 g/mol. The van der Waals surface area contributed by atoms with Crippen LogP contribution < -0.4 is 0 Å². The van der Waals surface area contributed by atoms with Crippen LogP contribution >= 0.6 is 0 Å². The van der Waals surface area contributed by atoms with E-state index >= 15 is 0 Å². The van der Waals surface area contributed by atoms with Gasteiger partial charge in [-0.15, -0.1) is 0 Å². The van der Waals surface area contributed by atoms with Gasteiger partial charge in [0.05, 0.1) is 11.6 Å². The number of ketones is 1. The van der Waals surface area contributed by atoms with Crippen LogP contribution in [0.1, 0.15) is 81.6 Å². The van der Waals surface area contributed by atoms with Crippen molar-refractivity contribution in [2.24, 2.45) is 0 Å². The van der Waals surface area contributed by atoms with Gasteiger partial charge >= 0.3 is 0 Å². The van der Waals surface area contributed by atoms with E-state index < -0.39 is 0 Å². The summed E-state index contributed by atoms with van der Waals surface area (Å²) in [4.78, 5) is 23.6. The zero-order valence-electron chi connectivity index (χ0n) is 16.6. The second-order valence-corrected chi connectivity index (χ2v) is 5.30. The molecule has 0 aromatic rings. The van der Waals surface area contributed by atoms with Crippen LogP contribution in [0.2, 0.25) is 0 Å². The largest absolute Gasteiger partial charge is 0.379 e. The lowest BCUT2D eigenvalue weighted by Gasteiger charge is -2.20. The summed E-state index contributed by atoms with van der Waals surface area (Å²) >= 11 is 0. The van der Waals surface area contributed by atoms with Gasteiger partial charge in [0.15, 0.2) is 5.78 Å². The van der Waals surface area contributed by atoms with Gasteiger partial charge in [-0.05, 0) is 40.0 Å². The number of carbonyl (C=O) groups is 2. The summed E-state index contributed by atoms with van der Waals surface area (Å²) in [7, 11) is 1.74. The summed E-state index contributed by atoms with van der Waals surface area (Å²) < 4.78 is 5.09. The number of amides is 1. The van der Waals surface area contributed by atoms with Gasteiger partial charge in [-0.2, -0.15) is 0 Å². The second-order valence-electron chi connectivity index (χ2n) is 5.30. The minimum atomic E-state index is -0.132. The topological polar surface area (TPSA) is 46.6 Å². The van der Waals surface area contributed by atoms with Crippen LogP contribution in [0.15, 0.2) is 0 Å². The third-order valence-electron chi connectivity index (χ3n) is 3.53. The molecule has 4 nitrogen and oxygen atoms in total. The van der Waals surface area contributed by atoms with E-state index in [9.17, 15) is 9.59 Å². The first kappa shape index (κ1) is 26.0. The van der Waals surface area contributed by atoms with Crippen LogP contribution in [0.4, 0.5) is 0 Å². The highest BCUT2D eigenvalue weighted by atomic mass is 16.5. The van der Waals surface area contributed by atoms with Crippen molar-refractivity contribution >= 4 is 11.7 Å². The third-order valence-corrected chi connectivity index (χ3v) is 3.53. The van der Waals surface area contributed by atoms with Gasteiger partial charge in [0.25, 0.3) is 0 Å². The summed E-state index contributed by atoms with van der Waals surface area (Å²) in [6.07, 6.45) is 2.88. The normalized spacial score (nSPS) is 16.3. The van der Waals surface area contributed by atoms with Gasteiger partial charge < -0.3 is 9.64 Å². The zero-order valence-corrected chi connectivity index (χ0v) is 16.6. The molecular weight excluding hydrogens is 278 g/mol. The number of hydrogen-bond donors (Lipinski definition) is 0. The first-order valence-electron chi connectivity index (χ1n) is 8.58. The van der Waals surface area contributed by atoms with Gasteiger partial charge in [0.1, 0.15) is 0 Å². The van der Waals surface area contributed by atoms with E-state index in [1.54, 1.807) is 18.9 Å². The first-order valence-corrected chi connectivity index (χ1v) is 8.58. The van der Waals surface area contributed by atoms with Crippen LogP contribution in [-0.4, -0.2) is 41.9 Å². The lowest BCUT2D eigenvalue weighted by Crippen LogP contribution is -2.37. The van der Waals surface area contributed by atoms with E-state index in [-0.39, 0.29) is 23.3 Å². The molecule has 1 atom stereocenters. The quantitative estimate of drug-likeness (QED) is 0.772. The Bertz CT molecular complexity index is 262. The summed E-state index contributed by atoms with van der Waals surface area (Å²) in [6.45, 7) is 18.1. The highest BCUT2D eigenvalue weighted by Gasteiger charge is 2.29. The maximum Gasteiger partial charge on any atom is 0.220 e. The van der Waals surface area contributed by atoms with Crippen LogP contribution in [0, 0.1) is 0 Å². The number of methoxy groups -OCH3 is 1.